The lowest BCUT2D eigenvalue weighted by Crippen LogP contribution is -2.50. The number of halogens is 3. The number of nitrogens with zero attached hydrogens (tertiary/aromatic N) is 2. The molecule has 0 bridgehead atoms. The maximum absolute atomic E-state index is 13.5. The SMILES string of the molecule is CC(=O)C1=C(C(F)(F)F)N(C)C(=S)N(C)[C@@H]1c1ccccc1. The Morgan fingerprint density at radius 3 is 2.18 bits per heavy atom. The lowest BCUT2D eigenvalue weighted by atomic mass is 9.91. The zero-order valence-electron chi connectivity index (χ0n) is 12.3. The number of benzene rings is 1. The highest BCUT2D eigenvalue weighted by Gasteiger charge is 2.48. The molecule has 0 fully saturated rings. The highest BCUT2D eigenvalue weighted by Crippen LogP contribution is 2.42. The number of thiocarbonyl (C=S) groups is 1. The third-order valence-electron chi connectivity index (χ3n) is 3.60. The Kier molecular flexibility index (Phi) is 4.28. The predicted octanol–water partition coefficient (Wildman–Crippen LogP) is 3.30. The minimum atomic E-state index is -4.66. The fraction of sp³-hybridized carbons (Fsp3) is 0.333. The van der Waals surface area contributed by atoms with Gasteiger partial charge in [-0.05, 0) is 24.7 Å². The fourth-order valence-corrected chi connectivity index (χ4v) is 2.87. The van der Waals surface area contributed by atoms with E-state index in [9.17, 15) is 18.0 Å². The topological polar surface area (TPSA) is 23.6 Å². The molecule has 118 valence electrons. The molecule has 2 rings (SSSR count). The van der Waals surface area contributed by atoms with Gasteiger partial charge in [0, 0.05) is 14.1 Å². The van der Waals surface area contributed by atoms with E-state index in [-0.39, 0.29) is 10.7 Å². The molecule has 0 saturated heterocycles. The van der Waals surface area contributed by atoms with Crippen molar-refractivity contribution in [1.29, 1.82) is 0 Å². The summed E-state index contributed by atoms with van der Waals surface area (Å²) >= 11 is 5.12. The van der Waals surface area contributed by atoms with Gasteiger partial charge in [0.2, 0.25) is 0 Å². The Morgan fingerprint density at radius 1 is 1.18 bits per heavy atom. The summed E-state index contributed by atoms with van der Waals surface area (Å²) in [5.41, 5.74) is -0.693. The molecular weight excluding hydrogens is 313 g/mol. The first-order valence-electron chi connectivity index (χ1n) is 6.54. The van der Waals surface area contributed by atoms with Crippen LogP contribution in [0.4, 0.5) is 13.2 Å². The molecule has 0 spiro atoms. The molecule has 3 nitrogen and oxygen atoms in total. The summed E-state index contributed by atoms with van der Waals surface area (Å²) < 4.78 is 40.4. The highest BCUT2D eigenvalue weighted by molar-refractivity contribution is 7.80. The third kappa shape index (κ3) is 2.72. The monoisotopic (exact) mass is 328 g/mol. The first-order chi connectivity index (χ1) is 10.2. The number of alkyl halides is 3. The molecule has 1 aromatic carbocycles. The Bertz CT molecular complexity index is 640. The number of carbonyl (C=O) groups excluding carboxylic acids is 1. The molecule has 0 aromatic heterocycles. The quantitative estimate of drug-likeness (QED) is 0.777. The molecule has 0 unspecified atom stereocenters. The van der Waals surface area contributed by atoms with E-state index in [0.29, 0.717) is 5.56 Å². The van der Waals surface area contributed by atoms with E-state index in [4.69, 9.17) is 12.2 Å². The van der Waals surface area contributed by atoms with Crippen molar-refractivity contribution in [2.45, 2.75) is 19.1 Å². The minimum absolute atomic E-state index is 0.0196. The van der Waals surface area contributed by atoms with Crippen LogP contribution in [0.3, 0.4) is 0 Å². The molecule has 0 saturated carbocycles. The third-order valence-corrected chi connectivity index (χ3v) is 4.16. The number of rotatable bonds is 2. The van der Waals surface area contributed by atoms with Gasteiger partial charge >= 0.3 is 6.18 Å². The van der Waals surface area contributed by atoms with Crippen molar-refractivity contribution < 1.29 is 18.0 Å². The van der Waals surface area contributed by atoms with Gasteiger partial charge in [0.05, 0.1) is 11.6 Å². The Labute approximate surface area is 132 Å². The number of Topliss-reactive ketones (excluding diaryl/α,β-unsaturated/α-hetero) is 1. The van der Waals surface area contributed by atoms with E-state index in [0.717, 1.165) is 11.8 Å². The number of hydrogen-bond donors (Lipinski definition) is 0. The zero-order valence-corrected chi connectivity index (χ0v) is 13.1. The van der Waals surface area contributed by atoms with E-state index < -0.39 is 23.7 Å². The normalized spacial score (nSPS) is 19.7. The van der Waals surface area contributed by atoms with Gasteiger partial charge in [-0.2, -0.15) is 13.2 Å². The van der Waals surface area contributed by atoms with Crippen molar-refractivity contribution in [3.8, 4) is 0 Å². The number of carbonyl (C=O) groups is 1. The van der Waals surface area contributed by atoms with Crippen LogP contribution >= 0.6 is 12.2 Å². The second kappa shape index (κ2) is 5.72. The second-order valence-corrected chi connectivity index (χ2v) is 5.45. The van der Waals surface area contributed by atoms with Crippen LogP contribution in [0.25, 0.3) is 0 Å². The largest absolute Gasteiger partial charge is 0.431 e. The van der Waals surface area contributed by atoms with Crippen LogP contribution in [0.1, 0.15) is 18.5 Å². The van der Waals surface area contributed by atoms with Crippen molar-refractivity contribution >= 4 is 23.1 Å². The Morgan fingerprint density at radius 2 is 1.73 bits per heavy atom. The summed E-state index contributed by atoms with van der Waals surface area (Å²) in [6.07, 6.45) is -4.66. The van der Waals surface area contributed by atoms with Crippen molar-refractivity contribution in [2.24, 2.45) is 0 Å². The molecule has 1 aliphatic heterocycles. The number of hydrogen-bond acceptors (Lipinski definition) is 2. The van der Waals surface area contributed by atoms with Gasteiger partial charge < -0.3 is 9.80 Å². The van der Waals surface area contributed by atoms with Crippen molar-refractivity contribution in [2.75, 3.05) is 14.1 Å². The average Bonchev–Trinajstić information content (AvgIpc) is 2.43. The molecule has 22 heavy (non-hydrogen) atoms. The molecule has 0 N–H and O–H groups in total. The van der Waals surface area contributed by atoms with Gasteiger partial charge in [-0.15, -0.1) is 0 Å². The van der Waals surface area contributed by atoms with Crippen LogP contribution in [0.2, 0.25) is 0 Å². The number of ketones is 1. The standard InChI is InChI=1S/C15H15F3N2OS/c1-9(21)11-12(10-7-5-4-6-8-10)19(2)14(22)20(3)13(11)15(16,17)18/h4-8,12H,1-3H3/t12-/m1/s1. The van der Waals surface area contributed by atoms with Gasteiger partial charge in [0.1, 0.15) is 5.70 Å². The molecule has 1 heterocycles. The van der Waals surface area contributed by atoms with Crippen LogP contribution in [-0.4, -0.2) is 41.0 Å². The number of allylic oxidation sites excluding steroid dienone is 1. The maximum Gasteiger partial charge on any atom is 0.431 e. The van der Waals surface area contributed by atoms with Gasteiger partial charge in [-0.3, -0.25) is 4.79 Å². The van der Waals surface area contributed by atoms with E-state index in [1.165, 1.54) is 11.9 Å². The van der Waals surface area contributed by atoms with Gasteiger partial charge in [0.25, 0.3) is 0 Å². The van der Waals surface area contributed by atoms with Crippen LogP contribution in [0.15, 0.2) is 41.6 Å². The van der Waals surface area contributed by atoms with Crippen molar-refractivity contribution in [3.63, 3.8) is 0 Å². The second-order valence-electron chi connectivity index (χ2n) is 5.08. The van der Waals surface area contributed by atoms with Gasteiger partial charge in [-0.1, -0.05) is 30.3 Å². The Balaban J connectivity index is 2.76. The summed E-state index contributed by atoms with van der Waals surface area (Å²) in [7, 11) is 2.82. The van der Waals surface area contributed by atoms with E-state index >= 15 is 0 Å². The maximum atomic E-state index is 13.5. The zero-order chi connectivity index (χ0) is 16.7. The highest BCUT2D eigenvalue weighted by atomic mass is 32.1. The predicted molar refractivity (Wildman–Crippen MR) is 81.1 cm³/mol. The fourth-order valence-electron chi connectivity index (χ4n) is 2.67. The first kappa shape index (κ1) is 16.5. The molecule has 1 atom stereocenters. The molecular formula is C15H15F3N2OS. The van der Waals surface area contributed by atoms with Gasteiger partial charge in [0.15, 0.2) is 10.9 Å². The lowest BCUT2D eigenvalue weighted by Gasteiger charge is -2.43. The van der Waals surface area contributed by atoms with Crippen LogP contribution in [0, 0.1) is 0 Å². The molecule has 1 aliphatic rings. The summed E-state index contributed by atoms with van der Waals surface area (Å²) in [4.78, 5) is 14.3. The molecule has 7 heteroatoms. The number of likely N-dealkylation sites (N-methyl/N-ethyl adjacent to an activating group) is 1. The Hall–Kier alpha value is -1.89. The summed E-state index contributed by atoms with van der Waals surface area (Å²) in [6, 6.07) is 7.72. The summed E-state index contributed by atoms with van der Waals surface area (Å²) in [6.45, 7) is 1.15. The summed E-state index contributed by atoms with van der Waals surface area (Å²) in [5, 5.41) is 0.0196. The van der Waals surface area contributed by atoms with E-state index in [2.05, 4.69) is 0 Å². The lowest BCUT2D eigenvalue weighted by molar-refractivity contribution is -0.120. The van der Waals surface area contributed by atoms with Crippen LogP contribution < -0.4 is 0 Å². The minimum Gasteiger partial charge on any atom is -0.341 e. The van der Waals surface area contributed by atoms with Crippen molar-refractivity contribution in [1.82, 2.24) is 9.80 Å². The first-order valence-corrected chi connectivity index (χ1v) is 6.94. The smallest absolute Gasteiger partial charge is 0.341 e. The molecule has 1 aromatic rings. The van der Waals surface area contributed by atoms with Crippen molar-refractivity contribution in [3.05, 3.63) is 47.2 Å². The molecule has 0 amide bonds. The van der Waals surface area contributed by atoms with Gasteiger partial charge in [-0.25, -0.2) is 0 Å². The van der Waals surface area contributed by atoms with E-state index in [1.54, 1.807) is 37.4 Å². The van der Waals surface area contributed by atoms with Crippen LogP contribution in [-0.2, 0) is 4.79 Å². The van der Waals surface area contributed by atoms with Crippen LogP contribution in [0.5, 0.6) is 0 Å². The average molecular weight is 328 g/mol. The van der Waals surface area contributed by atoms with E-state index in [1.807, 2.05) is 0 Å². The molecule has 0 aliphatic carbocycles. The molecule has 0 radical (unpaired) electrons. The summed E-state index contributed by atoms with van der Waals surface area (Å²) in [5.74, 6) is -0.623.